The van der Waals surface area contributed by atoms with Gasteiger partial charge in [0.2, 0.25) is 5.91 Å². The lowest BCUT2D eigenvalue weighted by molar-refractivity contribution is -0.131. The molecule has 2 unspecified atom stereocenters. The minimum Gasteiger partial charge on any atom is -0.341 e. The van der Waals surface area contributed by atoms with Crippen molar-refractivity contribution in [1.82, 2.24) is 10.2 Å². The molecule has 2 aliphatic heterocycles. The van der Waals surface area contributed by atoms with Gasteiger partial charge in [-0.2, -0.15) is 0 Å². The Morgan fingerprint density at radius 3 is 2.87 bits per heavy atom. The zero-order valence-electron chi connectivity index (χ0n) is 9.41. The Morgan fingerprint density at radius 2 is 2.20 bits per heavy atom. The molecular formula is C12H20N2O. The van der Waals surface area contributed by atoms with Gasteiger partial charge in [-0.05, 0) is 37.6 Å². The Bertz CT molecular complexity index is 265. The lowest BCUT2D eigenvalue weighted by Crippen LogP contribution is -2.41. The first-order chi connectivity index (χ1) is 7.25. The van der Waals surface area contributed by atoms with Gasteiger partial charge in [0, 0.05) is 25.0 Å². The maximum Gasteiger partial charge on any atom is 0.226 e. The van der Waals surface area contributed by atoms with Crippen LogP contribution in [0.25, 0.3) is 0 Å². The van der Waals surface area contributed by atoms with Gasteiger partial charge < -0.3 is 10.2 Å². The van der Waals surface area contributed by atoms with Crippen molar-refractivity contribution in [3.63, 3.8) is 0 Å². The maximum absolute atomic E-state index is 12.1. The summed E-state index contributed by atoms with van der Waals surface area (Å²) >= 11 is 0. The van der Waals surface area contributed by atoms with Gasteiger partial charge in [-0.15, -0.1) is 0 Å². The molecule has 3 aliphatic rings. The molecule has 2 saturated heterocycles. The molecule has 1 saturated carbocycles. The summed E-state index contributed by atoms with van der Waals surface area (Å²) < 4.78 is 0. The molecule has 0 aromatic rings. The van der Waals surface area contributed by atoms with Crippen LogP contribution < -0.4 is 5.32 Å². The first kappa shape index (κ1) is 9.64. The van der Waals surface area contributed by atoms with E-state index in [4.69, 9.17) is 0 Å². The molecule has 84 valence electrons. The number of likely N-dealkylation sites (tertiary alicyclic amines) is 1. The van der Waals surface area contributed by atoms with Gasteiger partial charge in [-0.1, -0.05) is 6.92 Å². The number of hydrogen-bond acceptors (Lipinski definition) is 2. The van der Waals surface area contributed by atoms with E-state index in [1.54, 1.807) is 0 Å². The quantitative estimate of drug-likeness (QED) is 0.693. The van der Waals surface area contributed by atoms with E-state index in [1.807, 2.05) is 0 Å². The van der Waals surface area contributed by atoms with Gasteiger partial charge in [0.05, 0.1) is 0 Å². The predicted octanol–water partition coefficient (Wildman–Crippen LogP) is 0.853. The lowest BCUT2D eigenvalue weighted by atomic mass is 9.94. The number of amides is 1. The molecule has 3 heteroatoms. The fourth-order valence-corrected chi connectivity index (χ4v) is 3.13. The molecule has 0 aromatic heterocycles. The molecule has 0 radical (unpaired) electrons. The zero-order valence-corrected chi connectivity index (χ0v) is 9.41. The summed E-state index contributed by atoms with van der Waals surface area (Å²) in [6.07, 6.45) is 3.71. The van der Waals surface area contributed by atoms with Gasteiger partial charge >= 0.3 is 0 Å². The number of nitrogens with zero attached hydrogens (tertiary/aromatic N) is 1. The molecule has 4 atom stereocenters. The van der Waals surface area contributed by atoms with Crippen molar-refractivity contribution in [2.24, 2.45) is 17.8 Å². The zero-order chi connectivity index (χ0) is 10.4. The Labute approximate surface area is 91.2 Å². The molecule has 15 heavy (non-hydrogen) atoms. The van der Waals surface area contributed by atoms with Crippen molar-refractivity contribution >= 4 is 5.91 Å². The Hall–Kier alpha value is -0.570. The van der Waals surface area contributed by atoms with Crippen molar-refractivity contribution in [2.75, 3.05) is 19.6 Å². The third-order valence-corrected chi connectivity index (χ3v) is 4.34. The first-order valence-corrected chi connectivity index (χ1v) is 6.28. The van der Waals surface area contributed by atoms with Crippen LogP contribution >= 0.6 is 0 Å². The maximum atomic E-state index is 12.1. The average Bonchev–Trinajstić information content (AvgIpc) is 2.81. The average molecular weight is 208 g/mol. The van der Waals surface area contributed by atoms with Crippen LogP contribution in [0.5, 0.6) is 0 Å². The van der Waals surface area contributed by atoms with Crippen molar-refractivity contribution in [3.05, 3.63) is 0 Å². The van der Waals surface area contributed by atoms with E-state index in [0.717, 1.165) is 32.0 Å². The first-order valence-electron chi connectivity index (χ1n) is 6.28. The van der Waals surface area contributed by atoms with Crippen LogP contribution in [0.1, 0.15) is 26.2 Å². The SMILES string of the molecule is CC1CC1C(=O)N1C[C@@H]2CCCN[C@@H]2C1. The molecule has 3 fully saturated rings. The normalized spacial score (nSPS) is 43.9. The second-order valence-corrected chi connectivity index (χ2v) is 5.53. The highest BCUT2D eigenvalue weighted by Crippen LogP contribution is 2.40. The standard InChI is InChI=1S/C12H20N2O/c1-8-5-10(8)12(15)14-6-9-3-2-4-13-11(9)7-14/h8-11,13H,2-7H2,1H3/t8?,9-,10?,11+/m0/s1. The molecule has 1 aliphatic carbocycles. The summed E-state index contributed by atoms with van der Waals surface area (Å²) in [5, 5.41) is 3.54. The Morgan fingerprint density at radius 1 is 1.40 bits per heavy atom. The number of hydrogen-bond donors (Lipinski definition) is 1. The molecule has 1 amide bonds. The number of rotatable bonds is 1. The number of carbonyl (C=O) groups is 1. The molecule has 2 heterocycles. The lowest BCUT2D eigenvalue weighted by Gasteiger charge is -2.24. The van der Waals surface area contributed by atoms with E-state index in [2.05, 4.69) is 17.1 Å². The van der Waals surface area contributed by atoms with E-state index in [0.29, 0.717) is 23.8 Å². The van der Waals surface area contributed by atoms with Crippen LogP contribution in [0.15, 0.2) is 0 Å². The van der Waals surface area contributed by atoms with Gasteiger partial charge in [-0.25, -0.2) is 0 Å². The number of carbonyl (C=O) groups excluding carboxylic acids is 1. The Balaban J connectivity index is 1.62. The third kappa shape index (κ3) is 1.67. The van der Waals surface area contributed by atoms with Gasteiger partial charge in [0.1, 0.15) is 0 Å². The second kappa shape index (κ2) is 3.48. The van der Waals surface area contributed by atoms with Crippen LogP contribution in [0.4, 0.5) is 0 Å². The summed E-state index contributed by atoms with van der Waals surface area (Å²) in [7, 11) is 0. The fourth-order valence-electron chi connectivity index (χ4n) is 3.13. The number of fused-ring (bicyclic) bond motifs is 1. The summed E-state index contributed by atoms with van der Waals surface area (Å²) in [6.45, 7) is 5.30. The number of nitrogens with one attached hydrogen (secondary N) is 1. The third-order valence-electron chi connectivity index (χ3n) is 4.34. The van der Waals surface area contributed by atoms with Crippen LogP contribution in [0, 0.1) is 17.8 Å². The largest absolute Gasteiger partial charge is 0.341 e. The van der Waals surface area contributed by atoms with Crippen LogP contribution in [-0.4, -0.2) is 36.5 Å². The fraction of sp³-hybridized carbons (Fsp3) is 0.917. The van der Waals surface area contributed by atoms with Crippen LogP contribution in [-0.2, 0) is 4.79 Å². The van der Waals surface area contributed by atoms with Gasteiger partial charge in [0.15, 0.2) is 0 Å². The van der Waals surface area contributed by atoms with E-state index in [-0.39, 0.29) is 0 Å². The summed E-state index contributed by atoms with van der Waals surface area (Å²) in [5.74, 6) is 2.17. The van der Waals surface area contributed by atoms with Crippen molar-refractivity contribution in [1.29, 1.82) is 0 Å². The van der Waals surface area contributed by atoms with Crippen molar-refractivity contribution in [2.45, 2.75) is 32.2 Å². The van der Waals surface area contributed by atoms with Crippen LogP contribution in [0.3, 0.4) is 0 Å². The highest BCUT2D eigenvalue weighted by molar-refractivity contribution is 5.82. The summed E-state index contributed by atoms with van der Waals surface area (Å²) in [5.41, 5.74) is 0. The smallest absolute Gasteiger partial charge is 0.226 e. The Kier molecular flexibility index (Phi) is 2.23. The van der Waals surface area contributed by atoms with Crippen molar-refractivity contribution < 1.29 is 4.79 Å². The minimum absolute atomic E-state index is 0.366. The van der Waals surface area contributed by atoms with E-state index in [1.165, 1.54) is 12.8 Å². The highest BCUT2D eigenvalue weighted by Gasteiger charge is 2.45. The molecule has 3 rings (SSSR count). The number of piperidine rings is 1. The van der Waals surface area contributed by atoms with Crippen LogP contribution in [0.2, 0.25) is 0 Å². The molecular weight excluding hydrogens is 188 g/mol. The summed E-state index contributed by atoms with van der Waals surface area (Å²) in [6, 6.07) is 0.594. The van der Waals surface area contributed by atoms with Gasteiger partial charge in [0.25, 0.3) is 0 Å². The second-order valence-electron chi connectivity index (χ2n) is 5.53. The molecule has 0 spiro atoms. The molecule has 1 N–H and O–H groups in total. The minimum atomic E-state index is 0.366. The topological polar surface area (TPSA) is 32.3 Å². The van der Waals surface area contributed by atoms with Gasteiger partial charge in [-0.3, -0.25) is 4.79 Å². The molecule has 0 bridgehead atoms. The van der Waals surface area contributed by atoms with E-state index in [9.17, 15) is 4.79 Å². The van der Waals surface area contributed by atoms with E-state index < -0.39 is 0 Å². The predicted molar refractivity (Wildman–Crippen MR) is 58.4 cm³/mol. The molecule has 0 aromatic carbocycles. The van der Waals surface area contributed by atoms with E-state index >= 15 is 0 Å². The monoisotopic (exact) mass is 208 g/mol. The highest BCUT2D eigenvalue weighted by atomic mass is 16.2. The summed E-state index contributed by atoms with van der Waals surface area (Å²) in [4.78, 5) is 14.2. The molecule has 3 nitrogen and oxygen atoms in total. The van der Waals surface area contributed by atoms with Crippen molar-refractivity contribution in [3.8, 4) is 0 Å².